The minimum Gasteiger partial charge on any atom is -0.478 e. The summed E-state index contributed by atoms with van der Waals surface area (Å²) in [6, 6.07) is 5.28. The van der Waals surface area contributed by atoms with E-state index in [1.54, 1.807) is 0 Å². The number of allylic oxidation sites excluding steroid dienone is 1. The molecule has 0 fully saturated rings. The Hall–Kier alpha value is -2.15. The van der Waals surface area contributed by atoms with Crippen molar-refractivity contribution in [1.29, 1.82) is 5.26 Å². The second-order valence-corrected chi connectivity index (χ2v) is 2.80. The van der Waals surface area contributed by atoms with Crippen LogP contribution in [0.3, 0.4) is 0 Å². The number of rotatable bonds is 3. The Morgan fingerprint density at radius 3 is 2.93 bits per heavy atom. The quantitative estimate of drug-likeness (QED) is 0.824. The average molecular weight is 205 g/mol. The van der Waals surface area contributed by atoms with Crippen LogP contribution >= 0.6 is 0 Å². The van der Waals surface area contributed by atoms with Crippen molar-refractivity contribution in [2.75, 3.05) is 0 Å². The van der Waals surface area contributed by atoms with Crippen LogP contribution < -0.4 is 0 Å². The highest BCUT2D eigenvalue weighted by molar-refractivity contribution is 5.92. The minimum atomic E-state index is -1.12. The molecule has 4 heteroatoms. The molecule has 1 aromatic carbocycles. The highest BCUT2D eigenvalue weighted by Gasteiger charge is 2.08. The lowest BCUT2D eigenvalue weighted by Gasteiger charge is -2.00. The van der Waals surface area contributed by atoms with Crippen molar-refractivity contribution in [2.45, 2.75) is 6.42 Å². The van der Waals surface area contributed by atoms with Gasteiger partial charge in [0.15, 0.2) is 0 Å². The molecule has 3 nitrogen and oxygen atoms in total. The topological polar surface area (TPSA) is 61.1 Å². The van der Waals surface area contributed by atoms with E-state index in [4.69, 9.17) is 10.4 Å². The lowest BCUT2D eigenvalue weighted by molar-refractivity contribution is 0.0696. The van der Waals surface area contributed by atoms with Gasteiger partial charge in [0, 0.05) is 0 Å². The predicted octanol–water partition coefficient (Wildman–Crippen LogP) is 2.45. The predicted molar refractivity (Wildman–Crippen MR) is 52.6 cm³/mol. The van der Waals surface area contributed by atoms with Crippen molar-refractivity contribution in [3.63, 3.8) is 0 Å². The third-order valence-corrected chi connectivity index (χ3v) is 1.75. The lowest BCUT2D eigenvalue weighted by atomic mass is 10.1. The molecule has 0 aliphatic heterocycles. The van der Waals surface area contributed by atoms with Crippen LogP contribution in [0.2, 0.25) is 0 Å². The Labute approximate surface area is 86.1 Å². The zero-order valence-corrected chi connectivity index (χ0v) is 7.77. The molecule has 76 valence electrons. The molecule has 0 aromatic heterocycles. The number of carboxylic acids is 1. The van der Waals surface area contributed by atoms with Gasteiger partial charge in [-0.3, -0.25) is 0 Å². The van der Waals surface area contributed by atoms with Crippen LogP contribution in [0, 0.1) is 17.1 Å². The molecule has 0 amide bonds. The summed E-state index contributed by atoms with van der Waals surface area (Å²) in [6.07, 6.45) is 3.08. The molecule has 15 heavy (non-hydrogen) atoms. The number of nitrogens with zero attached hydrogens (tertiary/aromatic N) is 1. The van der Waals surface area contributed by atoms with Gasteiger partial charge in [0.2, 0.25) is 0 Å². The van der Waals surface area contributed by atoms with E-state index in [1.807, 2.05) is 6.07 Å². The fourth-order valence-corrected chi connectivity index (χ4v) is 1.10. The molecule has 0 saturated carbocycles. The van der Waals surface area contributed by atoms with Crippen LogP contribution in [0.4, 0.5) is 4.39 Å². The molecule has 0 aliphatic rings. The molecule has 0 heterocycles. The van der Waals surface area contributed by atoms with Gasteiger partial charge in [0.25, 0.3) is 0 Å². The molecule has 0 spiro atoms. The summed E-state index contributed by atoms with van der Waals surface area (Å²) in [5.41, 5.74) is 0.281. The molecule has 0 aliphatic carbocycles. The molecule has 0 saturated heterocycles. The number of nitriles is 1. The lowest BCUT2D eigenvalue weighted by Crippen LogP contribution is -1.99. The average Bonchev–Trinajstić information content (AvgIpc) is 2.18. The summed E-state index contributed by atoms with van der Waals surface area (Å²) in [7, 11) is 0. The van der Waals surface area contributed by atoms with Crippen molar-refractivity contribution < 1.29 is 14.3 Å². The van der Waals surface area contributed by atoms with Crippen LogP contribution in [0.1, 0.15) is 22.3 Å². The molecular formula is C11H8FNO2. The van der Waals surface area contributed by atoms with Crippen LogP contribution in [-0.2, 0) is 0 Å². The molecule has 0 bridgehead atoms. The Kier molecular flexibility index (Phi) is 3.58. The number of benzene rings is 1. The monoisotopic (exact) mass is 205 g/mol. The molecule has 0 radical (unpaired) electrons. The summed E-state index contributed by atoms with van der Waals surface area (Å²) in [5.74, 6) is -1.62. The fourth-order valence-electron chi connectivity index (χ4n) is 1.10. The van der Waals surface area contributed by atoms with Crippen LogP contribution in [0.25, 0.3) is 6.08 Å². The SMILES string of the molecule is N#CCC=Cc1cc(F)ccc1C(=O)O. The summed E-state index contributed by atoms with van der Waals surface area (Å²) >= 11 is 0. The molecule has 0 unspecified atom stereocenters. The largest absolute Gasteiger partial charge is 0.478 e. The zero-order valence-electron chi connectivity index (χ0n) is 7.77. The molecule has 1 N–H and O–H groups in total. The highest BCUT2D eigenvalue weighted by Crippen LogP contribution is 2.13. The van der Waals surface area contributed by atoms with E-state index in [-0.39, 0.29) is 17.5 Å². The van der Waals surface area contributed by atoms with Crippen molar-refractivity contribution in [3.05, 3.63) is 41.2 Å². The van der Waals surface area contributed by atoms with Crippen molar-refractivity contribution in [3.8, 4) is 6.07 Å². The first-order chi connectivity index (χ1) is 7.15. The number of halogens is 1. The Morgan fingerprint density at radius 1 is 1.60 bits per heavy atom. The highest BCUT2D eigenvalue weighted by atomic mass is 19.1. The molecule has 0 atom stereocenters. The van der Waals surface area contributed by atoms with E-state index in [0.29, 0.717) is 0 Å². The van der Waals surface area contributed by atoms with Gasteiger partial charge in [-0.25, -0.2) is 9.18 Å². The fraction of sp³-hybridized carbons (Fsp3) is 0.0909. The molecule has 1 rings (SSSR count). The van der Waals surface area contributed by atoms with Gasteiger partial charge >= 0.3 is 5.97 Å². The Balaban J connectivity index is 3.08. The van der Waals surface area contributed by atoms with Crippen LogP contribution in [-0.4, -0.2) is 11.1 Å². The first-order valence-corrected chi connectivity index (χ1v) is 4.21. The summed E-state index contributed by atoms with van der Waals surface area (Å²) in [6.45, 7) is 0. The van der Waals surface area contributed by atoms with Crippen molar-refractivity contribution in [2.24, 2.45) is 0 Å². The zero-order chi connectivity index (χ0) is 11.3. The maximum Gasteiger partial charge on any atom is 0.336 e. The van der Waals surface area contributed by atoms with E-state index in [1.165, 1.54) is 18.2 Å². The third-order valence-electron chi connectivity index (χ3n) is 1.75. The van der Waals surface area contributed by atoms with Crippen molar-refractivity contribution in [1.82, 2.24) is 0 Å². The minimum absolute atomic E-state index is 0.0191. The van der Waals surface area contributed by atoms with E-state index < -0.39 is 11.8 Å². The van der Waals surface area contributed by atoms with Gasteiger partial charge in [-0.2, -0.15) is 5.26 Å². The van der Waals surface area contributed by atoms with Gasteiger partial charge in [-0.05, 0) is 23.8 Å². The van der Waals surface area contributed by atoms with E-state index in [9.17, 15) is 9.18 Å². The number of carbonyl (C=O) groups is 1. The van der Waals surface area contributed by atoms with Gasteiger partial charge in [0.1, 0.15) is 5.82 Å². The summed E-state index contributed by atoms with van der Waals surface area (Å²) in [4.78, 5) is 10.7. The first kappa shape index (κ1) is 10.9. The van der Waals surface area contributed by atoms with E-state index >= 15 is 0 Å². The van der Waals surface area contributed by atoms with Gasteiger partial charge in [-0.15, -0.1) is 0 Å². The second-order valence-electron chi connectivity index (χ2n) is 2.80. The van der Waals surface area contributed by atoms with Crippen LogP contribution in [0.15, 0.2) is 24.3 Å². The summed E-state index contributed by atoms with van der Waals surface area (Å²) < 4.78 is 12.8. The van der Waals surface area contributed by atoms with Gasteiger partial charge < -0.3 is 5.11 Å². The third kappa shape index (κ3) is 2.92. The smallest absolute Gasteiger partial charge is 0.336 e. The van der Waals surface area contributed by atoms with Crippen molar-refractivity contribution >= 4 is 12.0 Å². The maximum absolute atomic E-state index is 12.8. The maximum atomic E-state index is 12.8. The van der Waals surface area contributed by atoms with E-state index in [0.717, 1.165) is 12.1 Å². The second kappa shape index (κ2) is 4.91. The number of aromatic carboxylic acids is 1. The van der Waals surface area contributed by atoms with Crippen LogP contribution in [0.5, 0.6) is 0 Å². The molecule has 1 aromatic rings. The number of hydrogen-bond donors (Lipinski definition) is 1. The van der Waals surface area contributed by atoms with Gasteiger partial charge in [-0.1, -0.05) is 12.2 Å². The Bertz CT molecular complexity index is 446. The van der Waals surface area contributed by atoms with E-state index in [2.05, 4.69) is 0 Å². The standard InChI is InChI=1S/C11H8FNO2/c12-9-4-5-10(11(14)15)8(7-9)3-1-2-6-13/h1,3-5,7H,2H2,(H,14,15). The Morgan fingerprint density at radius 2 is 2.33 bits per heavy atom. The number of carboxylic acid groups (broad SMARTS) is 1. The summed E-state index contributed by atoms with van der Waals surface area (Å²) in [5, 5.41) is 17.1. The van der Waals surface area contributed by atoms with Gasteiger partial charge in [0.05, 0.1) is 18.1 Å². The normalized spacial score (nSPS) is 10.1. The molecular weight excluding hydrogens is 197 g/mol. The number of hydrogen-bond acceptors (Lipinski definition) is 2. The first-order valence-electron chi connectivity index (χ1n) is 4.21.